The van der Waals surface area contributed by atoms with Crippen molar-refractivity contribution < 1.29 is 8.42 Å². The number of nitrogens with one attached hydrogen (secondary N) is 2. The first-order valence-corrected chi connectivity index (χ1v) is 7.58. The quantitative estimate of drug-likeness (QED) is 0.512. The Bertz CT molecular complexity index is 343. The molecule has 1 fully saturated rings. The first-order valence-electron chi connectivity index (χ1n) is 5.69. The molecule has 1 aliphatic rings. The molecule has 16 heavy (non-hydrogen) atoms. The molecule has 0 unspecified atom stereocenters. The van der Waals surface area contributed by atoms with Gasteiger partial charge in [-0.2, -0.15) is 0 Å². The average Bonchev–Trinajstić information content (AvgIpc) is 2.07. The summed E-state index contributed by atoms with van der Waals surface area (Å²) in [6.07, 6.45) is 7.58. The van der Waals surface area contributed by atoms with E-state index in [0.717, 1.165) is 31.9 Å². The van der Waals surface area contributed by atoms with Gasteiger partial charge in [0.2, 0.25) is 10.0 Å². The Morgan fingerprint density at radius 1 is 1.19 bits per heavy atom. The van der Waals surface area contributed by atoms with E-state index in [-0.39, 0.29) is 5.84 Å². The van der Waals surface area contributed by atoms with Crippen LogP contribution < -0.4 is 10.5 Å². The van der Waals surface area contributed by atoms with Crippen LogP contribution in [0.2, 0.25) is 0 Å². The Morgan fingerprint density at radius 2 is 1.62 bits per heavy atom. The minimum Gasteiger partial charge on any atom is -0.386 e. The van der Waals surface area contributed by atoms with E-state index in [1.165, 1.54) is 6.42 Å². The maximum Gasteiger partial charge on any atom is 0.209 e. The summed E-state index contributed by atoms with van der Waals surface area (Å²) in [5, 5.41) is 7.64. The highest BCUT2D eigenvalue weighted by Gasteiger charge is 2.36. The molecule has 0 saturated heterocycles. The molecular weight excluding hydrogens is 226 g/mol. The Morgan fingerprint density at radius 3 is 2.00 bits per heavy atom. The Balaban J connectivity index is 2.88. The highest BCUT2D eigenvalue weighted by Crippen LogP contribution is 2.26. The monoisotopic (exact) mass is 247 g/mol. The molecule has 4 N–H and O–H groups in total. The van der Waals surface area contributed by atoms with Crippen LogP contribution in [0.4, 0.5) is 0 Å². The van der Waals surface area contributed by atoms with E-state index < -0.39 is 15.6 Å². The van der Waals surface area contributed by atoms with Crippen LogP contribution in [0.25, 0.3) is 0 Å². The molecule has 0 bridgehead atoms. The van der Waals surface area contributed by atoms with Crippen LogP contribution in [0.15, 0.2) is 0 Å². The molecule has 94 valence electrons. The topological polar surface area (TPSA) is 96.0 Å². The van der Waals surface area contributed by atoms with E-state index in [9.17, 15) is 8.42 Å². The minimum atomic E-state index is -3.33. The van der Waals surface area contributed by atoms with Crippen molar-refractivity contribution in [1.29, 1.82) is 5.41 Å². The third kappa shape index (κ3) is 3.75. The van der Waals surface area contributed by atoms with Crippen molar-refractivity contribution in [2.75, 3.05) is 6.26 Å². The second-order valence-corrected chi connectivity index (χ2v) is 6.39. The molecule has 1 rings (SSSR count). The van der Waals surface area contributed by atoms with Crippen LogP contribution in [0.1, 0.15) is 44.9 Å². The molecule has 1 aliphatic carbocycles. The fraction of sp³-hybridized carbons (Fsp3) is 0.900. The van der Waals surface area contributed by atoms with Crippen LogP contribution >= 0.6 is 0 Å². The van der Waals surface area contributed by atoms with Crippen LogP contribution in [0.5, 0.6) is 0 Å². The van der Waals surface area contributed by atoms with Crippen molar-refractivity contribution >= 4 is 15.9 Å². The van der Waals surface area contributed by atoms with Gasteiger partial charge in [-0.1, -0.05) is 32.1 Å². The zero-order valence-electron chi connectivity index (χ0n) is 9.75. The van der Waals surface area contributed by atoms with E-state index in [4.69, 9.17) is 11.1 Å². The van der Waals surface area contributed by atoms with Crippen molar-refractivity contribution in [3.8, 4) is 0 Å². The Labute approximate surface area is 97.4 Å². The van der Waals surface area contributed by atoms with Gasteiger partial charge in [0.1, 0.15) is 5.84 Å². The lowest BCUT2D eigenvalue weighted by Crippen LogP contribution is -2.57. The third-order valence-electron chi connectivity index (χ3n) is 3.10. The average molecular weight is 247 g/mol. The number of amidine groups is 1. The number of hydrogen-bond donors (Lipinski definition) is 3. The molecule has 0 aliphatic heterocycles. The summed E-state index contributed by atoms with van der Waals surface area (Å²) in [5.74, 6) is -0.0557. The van der Waals surface area contributed by atoms with Gasteiger partial charge in [-0.3, -0.25) is 5.41 Å². The van der Waals surface area contributed by atoms with Crippen LogP contribution in [0, 0.1) is 5.41 Å². The minimum absolute atomic E-state index is 0.0557. The summed E-state index contributed by atoms with van der Waals surface area (Å²) in [6.45, 7) is 0. The van der Waals surface area contributed by atoms with Crippen LogP contribution in [0.3, 0.4) is 0 Å². The molecule has 5 nitrogen and oxygen atoms in total. The predicted octanol–water partition coefficient (Wildman–Crippen LogP) is 0.955. The SMILES string of the molecule is CS(=O)(=O)NC1(C(=N)N)CCCCCCC1. The molecule has 0 aromatic heterocycles. The van der Waals surface area contributed by atoms with Gasteiger partial charge in [-0.05, 0) is 12.8 Å². The van der Waals surface area contributed by atoms with Crippen LogP contribution in [-0.4, -0.2) is 26.0 Å². The number of sulfonamides is 1. The summed E-state index contributed by atoms with van der Waals surface area (Å²) in [6, 6.07) is 0. The highest BCUT2D eigenvalue weighted by molar-refractivity contribution is 7.88. The first-order chi connectivity index (χ1) is 7.36. The van der Waals surface area contributed by atoms with Gasteiger partial charge in [0, 0.05) is 0 Å². The Kier molecular flexibility index (Phi) is 4.32. The number of rotatable bonds is 3. The molecule has 0 radical (unpaired) electrons. The van der Waals surface area contributed by atoms with Crippen molar-refractivity contribution in [3.05, 3.63) is 0 Å². The molecule has 0 spiro atoms. The van der Waals surface area contributed by atoms with Crippen molar-refractivity contribution in [2.24, 2.45) is 5.73 Å². The normalized spacial score (nSPS) is 22.1. The summed E-state index contributed by atoms with van der Waals surface area (Å²) in [7, 11) is -3.33. The number of nitrogens with two attached hydrogens (primary N) is 1. The van der Waals surface area contributed by atoms with Crippen molar-refractivity contribution in [2.45, 2.75) is 50.5 Å². The highest BCUT2D eigenvalue weighted by atomic mass is 32.2. The zero-order chi connectivity index (χ0) is 12.2. The molecule has 0 amide bonds. The molecule has 1 saturated carbocycles. The molecular formula is C10H21N3O2S. The summed E-state index contributed by atoms with van der Waals surface area (Å²) in [4.78, 5) is 0. The van der Waals surface area contributed by atoms with E-state index in [0.29, 0.717) is 12.8 Å². The maximum atomic E-state index is 11.3. The molecule has 6 heteroatoms. The fourth-order valence-electron chi connectivity index (χ4n) is 2.29. The smallest absolute Gasteiger partial charge is 0.209 e. The fourth-order valence-corrected chi connectivity index (χ4v) is 3.31. The van der Waals surface area contributed by atoms with Gasteiger partial charge in [0.05, 0.1) is 11.8 Å². The molecule has 0 aromatic rings. The maximum absolute atomic E-state index is 11.3. The zero-order valence-corrected chi connectivity index (χ0v) is 10.6. The standard InChI is InChI=1S/C10H21N3O2S/c1-16(14,15)13-10(9(11)12)7-5-3-2-4-6-8-10/h13H,2-8H2,1H3,(H3,11,12). The number of hydrogen-bond acceptors (Lipinski definition) is 3. The summed E-state index contributed by atoms with van der Waals surface area (Å²) in [5.41, 5.74) is 4.75. The van der Waals surface area contributed by atoms with E-state index in [2.05, 4.69) is 4.72 Å². The molecule has 0 atom stereocenters. The Hall–Kier alpha value is -0.620. The molecule has 0 heterocycles. The van der Waals surface area contributed by atoms with Crippen molar-refractivity contribution in [1.82, 2.24) is 4.72 Å². The van der Waals surface area contributed by atoms with E-state index in [1.54, 1.807) is 0 Å². The largest absolute Gasteiger partial charge is 0.386 e. The van der Waals surface area contributed by atoms with Crippen molar-refractivity contribution in [3.63, 3.8) is 0 Å². The van der Waals surface area contributed by atoms with Gasteiger partial charge in [-0.25, -0.2) is 13.1 Å². The summed E-state index contributed by atoms with van der Waals surface area (Å²) < 4.78 is 25.2. The lowest BCUT2D eigenvalue weighted by Gasteiger charge is -2.34. The van der Waals surface area contributed by atoms with Gasteiger partial charge in [-0.15, -0.1) is 0 Å². The van der Waals surface area contributed by atoms with Gasteiger partial charge < -0.3 is 5.73 Å². The van der Waals surface area contributed by atoms with E-state index in [1.807, 2.05) is 0 Å². The van der Waals surface area contributed by atoms with E-state index >= 15 is 0 Å². The van der Waals surface area contributed by atoms with Gasteiger partial charge >= 0.3 is 0 Å². The second kappa shape index (κ2) is 5.14. The lowest BCUT2D eigenvalue weighted by molar-refractivity contribution is 0.368. The predicted molar refractivity (Wildman–Crippen MR) is 64.9 cm³/mol. The first kappa shape index (κ1) is 13.4. The third-order valence-corrected chi connectivity index (χ3v) is 3.86. The van der Waals surface area contributed by atoms with Crippen LogP contribution in [-0.2, 0) is 10.0 Å². The summed E-state index contributed by atoms with van der Waals surface area (Å²) >= 11 is 0. The lowest BCUT2D eigenvalue weighted by atomic mass is 9.84. The second-order valence-electron chi connectivity index (χ2n) is 4.64. The van der Waals surface area contributed by atoms with Gasteiger partial charge in [0.25, 0.3) is 0 Å². The van der Waals surface area contributed by atoms with Gasteiger partial charge in [0.15, 0.2) is 0 Å². The molecule has 0 aromatic carbocycles.